The first-order chi connectivity index (χ1) is 10.4. The fourth-order valence-corrected chi connectivity index (χ4v) is 3.59. The van der Waals surface area contributed by atoms with Crippen LogP contribution in [0.3, 0.4) is 0 Å². The molecule has 2 rings (SSSR count). The zero-order chi connectivity index (χ0) is 16.1. The van der Waals surface area contributed by atoms with Crippen molar-refractivity contribution in [1.82, 2.24) is 9.80 Å². The molecule has 2 aliphatic rings. The van der Waals surface area contributed by atoms with E-state index < -0.39 is 5.97 Å². The average molecular weight is 312 g/mol. The van der Waals surface area contributed by atoms with Crippen molar-refractivity contribution in [2.45, 2.75) is 38.7 Å². The number of amides is 1. The van der Waals surface area contributed by atoms with Gasteiger partial charge in [-0.05, 0) is 31.7 Å². The average Bonchev–Trinajstić information content (AvgIpc) is 2.83. The molecular weight excluding hydrogens is 284 g/mol. The molecule has 2 fully saturated rings. The van der Waals surface area contributed by atoms with E-state index in [0.29, 0.717) is 38.6 Å². The highest BCUT2D eigenvalue weighted by atomic mass is 16.5. The van der Waals surface area contributed by atoms with Crippen molar-refractivity contribution < 1.29 is 19.4 Å². The van der Waals surface area contributed by atoms with Crippen LogP contribution in [-0.4, -0.2) is 72.7 Å². The standard InChI is InChI=1S/C16H28N2O4/c1-12-3-4-13(7-12)8-15(19)18-5-6-22-14(10-18)9-17(2)11-16(20)21/h12-14H,3-11H2,1-2H3,(H,20,21). The molecule has 1 N–H and O–H groups in total. The fourth-order valence-electron chi connectivity index (χ4n) is 3.59. The van der Waals surface area contributed by atoms with Gasteiger partial charge in [0.15, 0.2) is 0 Å². The molecule has 3 atom stereocenters. The molecule has 126 valence electrons. The smallest absolute Gasteiger partial charge is 0.317 e. The van der Waals surface area contributed by atoms with E-state index in [2.05, 4.69) is 6.92 Å². The van der Waals surface area contributed by atoms with Gasteiger partial charge in [-0.2, -0.15) is 0 Å². The van der Waals surface area contributed by atoms with Crippen molar-refractivity contribution in [2.24, 2.45) is 11.8 Å². The van der Waals surface area contributed by atoms with Gasteiger partial charge in [0.1, 0.15) is 0 Å². The molecule has 0 aromatic carbocycles. The minimum Gasteiger partial charge on any atom is -0.480 e. The number of hydrogen-bond acceptors (Lipinski definition) is 4. The Morgan fingerprint density at radius 2 is 2.14 bits per heavy atom. The van der Waals surface area contributed by atoms with Crippen LogP contribution in [0.2, 0.25) is 0 Å². The number of ether oxygens (including phenoxy) is 1. The van der Waals surface area contributed by atoms with Crippen molar-refractivity contribution in [2.75, 3.05) is 39.8 Å². The number of rotatable bonds is 6. The molecule has 22 heavy (non-hydrogen) atoms. The molecule has 0 radical (unpaired) electrons. The summed E-state index contributed by atoms with van der Waals surface area (Å²) in [6.07, 6.45) is 4.14. The minimum absolute atomic E-state index is 0.00618. The van der Waals surface area contributed by atoms with E-state index in [-0.39, 0.29) is 18.6 Å². The third kappa shape index (κ3) is 5.25. The van der Waals surface area contributed by atoms with Crippen molar-refractivity contribution >= 4 is 11.9 Å². The summed E-state index contributed by atoms with van der Waals surface area (Å²) in [6, 6.07) is 0. The highest BCUT2D eigenvalue weighted by Gasteiger charge is 2.29. The topological polar surface area (TPSA) is 70.1 Å². The molecule has 1 heterocycles. The zero-order valence-corrected chi connectivity index (χ0v) is 13.7. The van der Waals surface area contributed by atoms with Crippen LogP contribution in [0.4, 0.5) is 0 Å². The highest BCUT2D eigenvalue weighted by molar-refractivity contribution is 5.76. The highest BCUT2D eigenvalue weighted by Crippen LogP contribution is 2.33. The number of carbonyl (C=O) groups excluding carboxylic acids is 1. The molecule has 1 saturated heterocycles. The predicted molar refractivity (Wildman–Crippen MR) is 82.6 cm³/mol. The second-order valence-corrected chi connectivity index (χ2v) is 6.91. The van der Waals surface area contributed by atoms with Gasteiger partial charge >= 0.3 is 5.97 Å². The molecule has 6 heteroatoms. The van der Waals surface area contributed by atoms with Crippen LogP contribution in [-0.2, 0) is 14.3 Å². The van der Waals surface area contributed by atoms with Gasteiger partial charge in [-0.15, -0.1) is 0 Å². The number of carbonyl (C=O) groups is 2. The summed E-state index contributed by atoms with van der Waals surface area (Å²) >= 11 is 0. The van der Waals surface area contributed by atoms with Gasteiger partial charge in [-0.25, -0.2) is 0 Å². The molecule has 0 aromatic heterocycles. The molecule has 0 spiro atoms. The predicted octanol–water partition coefficient (Wildman–Crippen LogP) is 1.06. The minimum atomic E-state index is -0.846. The molecule has 6 nitrogen and oxygen atoms in total. The van der Waals surface area contributed by atoms with Gasteiger partial charge in [-0.1, -0.05) is 13.3 Å². The van der Waals surface area contributed by atoms with Gasteiger partial charge in [-0.3, -0.25) is 14.5 Å². The number of morpholine rings is 1. The number of carboxylic acid groups (broad SMARTS) is 1. The number of hydrogen-bond donors (Lipinski definition) is 1. The molecule has 3 unspecified atom stereocenters. The third-order valence-corrected chi connectivity index (χ3v) is 4.68. The van der Waals surface area contributed by atoms with Crippen molar-refractivity contribution in [1.29, 1.82) is 0 Å². The number of carboxylic acids is 1. The van der Waals surface area contributed by atoms with Crippen molar-refractivity contribution in [3.8, 4) is 0 Å². The molecule has 0 aromatic rings. The molecule has 1 aliphatic heterocycles. The second-order valence-electron chi connectivity index (χ2n) is 6.91. The lowest BCUT2D eigenvalue weighted by Crippen LogP contribution is -2.49. The van der Waals surface area contributed by atoms with E-state index in [4.69, 9.17) is 9.84 Å². The van der Waals surface area contributed by atoms with Gasteiger partial charge in [0.2, 0.25) is 5.91 Å². The summed E-state index contributed by atoms with van der Waals surface area (Å²) in [5.74, 6) is 0.674. The Hall–Kier alpha value is -1.14. The van der Waals surface area contributed by atoms with Gasteiger partial charge in [0.25, 0.3) is 0 Å². The number of aliphatic carboxylic acids is 1. The van der Waals surface area contributed by atoms with Crippen LogP contribution >= 0.6 is 0 Å². The Labute approximate surface area is 132 Å². The van der Waals surface area contributed by atoms with E-state index >= 15 is 0 Å². The van der Waals surface area contributed by atoms with Gasteiger partial charge in [0, 0.05) is 26.1 Å². The van der Waals surface area contributed by atoms with E-state index in [1.54, 1.807) is 11.9 Å². The van der Waals surface area contributed by atoms with Crippen LogP contribution in [0, 0.1) is 11.8 Å². The lowest BCUT2D eigenvalue weighted by atomic mass is 10.0. The van der Waals surface area contributed by atoms with E-state index in [1.807, 2.05) is 4.90 Å². The summed E-state index contributed by atoms with van der Waals surface area (Å²) in [5, 5.41) is 8.79. The molecule has 1 amide bonds. The zero-order valence-electron chi connectivity index (χ0n) is 13.7. The first kappa shape index (κ1) is 17.2. The summed E-state index contributed by atoms with van der Waals surface area (Å²) in [6.45, 7) is 4.56. The largest absolute Gasteiger partial charge is 0.480 e. The molecule has 0 bridgehead atoms. The lowest BCUT2D eigenvalue weighted by Gasteiger charge is -2.35. The summed E-state index contributed by atoms with van der Waals surface area (Å²) in [5.41, 5.74) is 0. The molecule has 1 saturated carbocycles. The van der Waals surface area contributed by atoms with Crippen molar-refractivity contribution in [3.05, 3.63) is 0 Å². The van der Waals surface area contributed by atoms with E-state index in [1.165, 1.54) is 19.3 Å². The first-order valence-corrected chi connectivity index (χ1v) is 8.23. The fraction of sp³-hybridized carbons (Fsp3) is 0.875. The maximum Gasteiger partial charge on any atom is 0.317 e. The Balaban J connectivity index is 1.77. The van der Waals surface area contributed by atoms with Crippen LogP contribution in [0.15, 0.2) is 0 Å². The van der Waals surface area contributed by atoms with Crippen LogP contribution < -0.4 is 0 Å². The van der Waals surface area contributed by atoms with E-state index in [0.717, 1.165) is 5.92 Å². The quantitative estimate of drug-likeness (QED) is 0.794. The number of likely N-dealkylation sites (N-methyl/N-ethyl adjacent to an activating group) is 1. The summed E-state index contributed by atoms with van der Waals surface area (Å²) < 4.78 is 5.67. The van der Waals surface area contributed by atoms with Crippen LogP contribution in [0.5, 0.6) is 0 Å². The normalized spacial score (nSPS) is 29.0. The van der Waals surface area contributed by atoms with Crippen LogP contribution in [0.1, 0.15) is 32.6 Å². The summed E-state index contributed by atoms with van der Waals surface area (Å²) in [7, 11) is 1.76. The van der Waals surface area contributed by atoms with E-state index in [9.17, 15) is 9.59 Å². The van der Waals surface area contributed by atoms with Gasteiger partial charge in [0.05, 0.1) is 19.3 Å². The van der Waals surface area contributed by atoms with Crippen LogP contribution in [0.25, 0.3) is 0 Å². The Kier molecular flexibility index (Phi) is 6.20. The van der Waals surface area contributed by atoms with Gasteiger partial charge < -0.3 is 14.7 Å². The Morgan fingerprint density at radius 1 is 1.36 bits per heavy atom. The Bertz CT molecular complexity index is 402. The monoisotopic (exact) mass is 312 g/mol. The lowest BCUT2D eigenvalue weighted by molar-refractivity contribution is -0.143. The number of nitrogens with zero attached hydrogens (tertiary/aromatic N) is 2. The Morgan fingerprint density at radius 3 is 2.77 bits per heavy atom. The summed E-state index contributed by atoms with van der Waals surface area (Å²) in [4.78, 5) is 26.7. The molecular formula is C16H28N2O4. The maximum atomic E-state index is 12.4. The molecule has 1 aliphatic carbocycles. The second kappa shape index (κ2) is 7.92. The maximum absolute atomic E-state index is 12.4. The first-order valence-electron chi connectivity index (χ1n) is 8.23. The van der Waals surface area contributed by atoms with Crippen molar-refractivity contribution in [3.63, 3.8) is 0 Å². The SMILES string of the molecule is CC1CCC(CC(=O)N2CCOC(CN(C)CC(=O)O)C2)C1. The third-order valence-electron chi connectivity index (χ3n) is 4.68.